The summed E-state index contributed by atoms with van der Waals surface area (Å²) in [5.74, 6) is 2.34. The van der Waals surface area contributed by atoms with Gasteiger partial charge in [-0.25, -0.2) is 24.4 Å². The van der Waals surface area contributed by atoms with Gasteiger partial charge in [0, 0.05) is 25.4 Å². The minimum absolute atomic E-state index is 0.108. The molecule has 4 aromatic carbocycles. The lowest BCUT2D eigenvalue weighted by molar-refractivity contribution is 0.236. The van der Waals surface area contributed by atoms with E-state index in [1.54, 1.807) is 55.9 Å². The quantitative estimate of drug-likeness (QED) is 0.131. The lowest BCUT2D eigenvalue weighted by Crippen LogP contribution is -2.37. The molecule has 382 valence electrons. The van der Waals surface area contributed by atoms with Gasteiger partial charge in [0.15, 0.2) is 11.5 Å². The second-order valence-electron chi connectivity index (χ2n) is 17.7. The molecule has 0 bridgehead atoms. The fraction of sp³-hybridized carbons (Fsp3) is 0.259. The van der Waals surface area contributed by atoms with Crippen LogP contribution in [0.3, 0.4) is 0 Å². The van der Waals surface area contributed by atoms with E-state index in [0.29, 0.717) is 57.1 Å². The normalized spacial score (nSPS) is 12.7. The predicted molar refractivity (Wildman–Crippen MR) is 291 cm³/mol. The average molecular weight is 1060 g/mol. The van der Waals surface area contributed by atoms with E-state index >= 15 is 0 Å². The molecule has 3 amide bonds. The number of ether oxygens (including phenoxy) is 3. The number of amides is 3. The highest BCUT2D eigenvalue weighted by atomic mass is 32.1. The molecule has 1 aliphatic heterocycles. The summed E-state index contributed by atoms with van der Waals surface area (Å²) < 4.78 is 21.0. The van der Waals surface area contributed by atoms with Crippen molar-refractivity contribution in [3.63, 3.8) is 0 Å². The van der Waals surface area contributed by atoms with Crippen LogP contribution in [0.25, 0.3) is 30.5 Å². The van der Waals surface area contributed by atoms with Crippen molar-refractivity contribution in [2.75, 3.05) is 20.3 Å². The smallest absolute Gasteiger partial charge is 0.338 e. The van der Waals surface area contributed by atoms with Crippen molar-refractivity contribution in [3.8, 4) is 17.2 Å². The molecule has 3 N–H and O–H groups in total. The lowest BCUT2D eigenvalue weighted by Gasteiger charge is -2.23. The van der Waals surface area contributed by atoms with Gasteiger partial charge in [-0.15, -0.1) is 0 Å². The van der Waals surface area contributed by atoms with Gasteiger partial charge in [-0.1, -0.05) is 68.4 Å². The minimum Gasteiger partial charge on any atom is -0.496 e. The fourth-order valence-electron chi connectivity index (χ4n) is 8.23. The maximum absolute atomic E-state index is 12.8. The van der Waals surface area contributed by atoms with Crippen molar-refractivity contribution < 1.29 is 28.6 Å². The van der Waals surface area contributed by atoms with Crippen molar-refractivity contribution in [3.05, 3.63) is 180 Å². The molecule has 0 fully saturated rings. The molecule has 2 unspecified atom stereocenters. The topological polar surface area (TPSA) is 207 Å². The van der Waals surface area contributed by atoms with Crippen molar-refractivity contribution in [1.29, 1.82) is 0 Å². The summed E-state index contributed by atoms with van der Waals surface area (Å²) in [6.45, 7) is 13.5. The third-order valence-corrected chi connectivity index (χ3v) is 15.2. The van der Waals surface area contributed by atoms with Crippen LogP contribution >= 0.6 is 34.6 Å². The van der Waals surface area contributed by atoms with E-state index in [9.17, 15) is 28.8 Å². The number of hydrogen-bond acceptors (Lipinski definition) is 14. The molecular weight excluding hydrogens is 1000 g/mol. The molecule has 5 aromatic heterocycles. The van der Waals surface area contributed by atoms with Gasteiger partial charge >= 0.3 is 18.1 Å². The maximum Gasteiger partial charge on any atom is 0.338 e. The molecule has 0 saturated heterocycles. The van der Waals surface area contributed by atoms with Gasteiger partial charge in [0.05, 0.1) is 53.3 Å². The Morgan fingerprint density at radius 1 is 0.622 bits per heavy atom. The average Bonchev–Trinajstić information content (AvgIpc) is 3.97. The Morgan fingerprint density at radius 3 is 1.77 bits per heavy atom. The number of nitrogens with zero attached hydrogens (tertiary/aromatic N) is 5. The van der Waals surface area contributed by atoms with Gasteiger partial charge in [0.2, 0.25) is 0 Å². The molecular formula is C54H54N8O9S3. The first-order valence-corrected chi connectivity index (χ1v) is 26.0. The highest BCUT2D eigenvalue weighted by molar-refractivity contribution is 7.15. The number of nitrogens with one attached hydrogen (secondary N) is 3. The zero-order chi connectivity index (χ0) is 52.6. The van der Waals surface area contributed by atoms with E-state index in [2.05, 4.69) is 25.9 Å². The summed E-state index contributed by atoms with van der Waals surface area (Å²) in [5.41, 5.74) is 5.05. The zero-order valence-electron chi connectivity index (χ0n) is 41.7. The summed E-state index contributed by atoms with van der Waals surface area (Å²) in [7, 11) is 1.64. The molecule has 74 heavy (non-hydrogen) atoms. The largest absolute Gasteiger partial charge is 0.496 e. The first-order chi connectivity index (χ1) is 35.6. The Balaban J connectivity index is 0.000000149. The molecule has 0 aliphatic carbocycles. The van der Waals surface area contributed by atoms with E-state index in [0.717, 1.165) is 92.8 Å². The van der Waals surface area contributed by atoms with Gasteiger partial charge in [0.1, 0.15) is 15.4 Å². The van der Waals surface area contributed by atoms with Crippen LogP contribution in [-0.2, 0) is 6.54 Å². The van der Waals surface area contributed by atoms with E-state index in [-0.39, 0.29) is 40.7 Å². The van der Waals surface area contributed by atoms with Crippen LogP contribution in [0, 0.1) is 26.7 Å². The minimum atomic E-state index is -0.459. The van der Waals surface area contributed by atoms with Crippen LogP contribution < -0.4 is 46.8 Å². The Kier molecular flexibility index (Phi) is 16.5. The summed E-state index contributed by atoms with van der Waals surface area (Å²) >= 11 is 3.25. The van der Waals surface area contributed by atoms with Crippen LogP contribution in [0.15, 0.2) is 130 Å². The van der Waals surface area contributed by atoms with E-state index in [1.807, 2.05) is 108 Å². The Labute approximate surface area is 437 Å². The SMILES string of the molecule is CC(C)C(NC(=O)n1sc2ncccc2c1=O)c1ccc2c(c1)OCCCO2.COc1c(C)cc(C(C)NC(=O)n2sc3ncccc3c2=O)cc1C.Cc1ccccc1CNC(=O)n1sc2ccccc2c1=O. The molecule has 9 aromatic rings. The highest BCUT2D eigenvalue weighted by Gasteiger charge is 2.24. The Bertz CT molecular complexity index is 3680. The Morgan fingerprint density at radius 2 is 1.18 bits per heavy atom. The summed E-state index contributed by atoms with van der Waals surface area (Å²) in [5, 5.41) is 10.1. The van der Waals surface area contributed by atoms with E-state index < -0.39 is 12.1 Å². The Hall–Kier alpha value is -7.94. The number of aryl methyl sites for hydroxylation is 3. The third-order valence-electron chi connectivity index (χ3n) is 12.1. The van der Waals surface area contributed by atoms with Gasteiger partial charge in [-0.05, 0) is 150 Å². The molecule has 0 spiro atoms. The standard InChI is InChI=1S/C20H21N3O4S.C18H19N3O3S.C16H14N2O2S/c1-12(2)17(13-6-7-15-16(11-13)27-10-4-9-26-15)22-20(25)23-19(24)14-5-3-8-21-18(14)28-23;1-10-8-13(9-11(2)15(10)24-4)12(3)20-18(23)21-17(22)14-6-5-7-19-16(14)25-21;1-11-6-2-3-7-12(11)10-17-16(20)18-15(19)13-8-4-5-9-14(13)21-18/h3,5-8,11-12,17H,4,9-10H2,1-2H3,(H,22,25);5-9,12H,1-4H3,(H,20,23);2-9H,10H2,1H3,(H,17,20). The van der Waals surface area contributed by atoms with Crippen LogP contribution in [-0.4, -0.2) is 60.3 Å². The highest BCUT2D eigenvalue weighted by Crippen LogP contribution is 2.34. The molecule has 10 rings (SSSR count). The van der Waals surface area contributed by atoms with E-state index in [1.165, 1.54) is 3.96 Å². The second-order valence-corrected chi connectivity index (χ2v) is 20.5. The number of carbonyl (C=O) groups excluding carboxylic acids is 3. The molecule has 0 radical (unpaired) electrons. The lowest BCUT2D eigenvalue weighted by atomic mass is 9.96. The molecule has 20 heteroatoms. The van der Waals surface area contributed by atoms with Crippen LogP contribution in [0.2, 0.25) is 0 Å². The molecule has 17 nitrogen and oxygen atoms in total. The number of pyridine rings is 2. The predicted octanol–water partition coefficient (Wildman–Crippen LogP) is 10.1. The van der Waals surface area contributed by atoms with E-state index in [4.69, 9.17) is 14.2 Å². The number of fused-ring (bicyclic) bond motifs is 4. The van der Waals surface area contributed by atoms with Gasteiger partial charge in [0.25, 0.3) is 16.7 Å². The van der Waals surface area contributed by atoms with Gasteiger partial charge < -0.3 is 30.2 Å². The summed E-state index contributed by atoms with van der Waals surface area (Å²) in [6, 6.07) is 29.6. The van der Waals surface area contributed by atoms with Crippen LogP contribution in [0.5, 0.6) is 17.2 Å². The number of methoxy groups -OCH3 is 1. The van der Waals surface area contributed by atoms with Crippen molar-refractivity contribution >= 4 is 83.2 Å². The third kappa shape index (κ3) is 11.6. The molecule has 0 saturated carbocycles. The monoisotopic (exact) mass is 1050 g/mol. The van der Waals surface area contributed by atoms with Crippen LogP contribution in [0.4, 0.5) is 14.4 Å². The van der Waals surface area contributed by atoms with Crippen molar-refractivity contribution in [2.24, 2.45) is 5.92 Å². The maximum atomic E-state index is 12.8. The zero-order valence-corrected chi connectivity index (χ0v) is 44.1. The number of carbonyl (C=O) groups is 3. The van der Waals surface area contributed by atoms with Crippen molar-refractivity contribution in [2.45, 2.75) is 66.6 Å². The van der Waals surface area contributed by atoms with Crippen LogP contribution in [0.1, 0.15) is 72.7 Å². The van der Waals surface area contributed by atoms with Gasteiger partial charge in [-0.3, -0.25) is 14.4 Å². The number of aromatic nitrogens is 5. The molecule has 6 heterocycles. The number of hydrogen-bond donors (Lipinski definition) is 3. The fourth-order valence-corrected chi connectivity index (χ4v) is 10.9. The molecule has 1 aliphatic rings. The van der Waals surface area contributed by atoms with Crippen molar-refractivity contribution in [1.82, 2.24) is 37.8 Å². The number of rotatable bonds is 8. The first kappa shape index (κ1) is 52.4. The summed E-state index contributed by atoms with van der Waals surface area (Å²) in [6.07, 6.45) is 4.04. The van der Waals surface area contributed by atoms with Gasteiger partial charge in [-0.2, -0.15) is 11.9 Å². The molecule has 2 atom stereocenters. The first-order valence-electron chi connectivity index (χ1n) is 23.7. The number of benzene rings is 4. The second kappa shape index (κ2) is 23.3. The summed E-state index contributed by atoms with van der Waals surface area (Å²) in [4.78, 5) is 83.9.